The second kappa shape index (κ2) is 5.64. The Labute approximate surface area is 145 Å². The Bertz CT molecular complexity index is 1110. The first-order valence-electron chi connectivity index (χ1n) is 8.40. The van der Waals surface area contributed by atoms with Crippen molar-refractivity contribution >= 4 is 23.6 Å². The lowest BCUT2D eigenvalue weighted by atomic mass is 10.1. The highest BCUT2D eigenvalue weighted by molar-refractivity contribution is 6.18. The first-order chi connectivity index (χ1) is 12.3. The molecule has 4 nitrogen and oxygen atoms in total. The molecule has 8 bridgehead atoms. The predicted molar refractivity (Wildman–Crippen MR) is 101 cm³/mol. The lowest BCUT2D eigenvalue weighted by Crippen LogP contribution is -2.27. The van der Waals surface area contributed by atoms with Crippen molar-refractivity contribution in [2.24, 2.45) is 9.98 Å². The van der Waals surface area contributed by atoms with Crippen LogP contribution in [0.4, 0.5) is 0 Å². The molecule has 0 amide bonds. The van der Waals surface area contributed by atoms with E-state index < -0.39 is 0 Å². The molecular weight excluding hydrogens is 308 g/mol. The molecule has 0 radical (unpaired) electrons. The summed E-state index contributed by atoms with van der Waals surface area (Å²) in [5.74, 6) is 6.27. The van der Waals surface area contributed by atoms with Crippen molar-refractivity contribution in [1.82, 2.24) is 10.3 Å². The second-order valence-electron chi connectivity index (χ2n) is 6.38. The molecule has 4 aliphatic heterocycles. The topological polar surface area (TPSA) is 52.5 Å². The molecule has 0 fully saturated rings. The van der Waals surface area contributed by atoms with Crippen LogP contribution in [0.25, 0.3) is 12.2 Å². The average Bonchev–Trinajstić information content (AvgIpc) is 3.31. The number of fused-ring (bicyclic) bond motifs is 6. The summed E-state index contributed by atoms with van der Waals surface area (Å²) in [6, 6.07) is 4.25. The van der Waals surface area contributed by atoms with Gasteiger partial charge in [0, 0.05) is 34.6 Å². The van der Waals surface area contributed by atoms with Crippen molar-refractivity contribution in [1.29, 1.82) is 0 Å². The maximum Gasteiger partial charge on any atom is 0.109 e. The number of H-pyrrole nitrogens is 1. The Morgan fingerprint density at radius 3 is 2.96 bits per heavy atom. The summed E-state index contributed by atoms with van der Waals surface area (Å²) in [5, 5.41) is 5.51. The highest BCUT2D eigenvalue weighted by Crippen LogP contribution is 2.17. The van der Waals surface area contributed by atoms with Crippen molar-refractivity contribution < 1.29 is 0 Å². The Balaban J connectivity index is 1.61. The highest BCUT2D eigenvalue weighted by atomic mass is 14.9. The number of rotatable bonds is 0. The van der Waals surface area contributed by atoms with Gasteiger partial charge in [0.1, 0.15) is 6.04 Å². The first-order valence-corrected chi connectivity index (χ1v) is 8.40. The number of nitrogens with zero attached hydrogens (tertiary/aromatic N) is 2. The molecule has 5 heterocycles. The lowest BCUT2D eigenvalue weighted by molar-refractivity contribution is 0.824. The zero-order valence-corrected chi connectivity index (χ0v) is 13.5. The maximum atomic E-state index is 4.76. The number of aliphatic imine (C=N–C) groups is 2. The summed E-state index contributed by atoms with van der Waals surface area (Å²) < 4.78 is 0. The molecule has 2 unspecified atom stereocenters. The average molecular weight is 324 g/mol. The van der Waals surface area contributed by atoms with Crippen molar-refractivity contribution in [2.75, 3.05) is 0 Å². The van der Waals surface area contributed by atoms with Crippen LogP contribution in [0.5, 0.6) is 0 Å². The summed E-state index contributed by atoms with van der Waals surface area (Å²) in [6.07, 6.45) is 17.3. The van der Waals surface area contributed by atoms with Gasteiger partial charge in [0.05, 0.1) is 17.5 Å². The largest absolute Gasteiger partial charge is 0.368 e. The van der Waals surface area contributed by atoms with Crippen molar-refractivity contribution in [2.45, 2.75) is 18.5 Å². The number of allylic oxidation sites excluding steroid dienone is 5. The first kappa shape index (κ1) is 14.1. The molecule has 120 valence electrons. The monoisotopic (exact) mass is 324 g/mol. The molecule has 0 aliphatic carbocycles. The fourth-order valence-corrected chi connectivity index (χ4v) is 3.26. The molecule has 4 heteroatoms. The molecule has 1 aromatic rings. The lowest BCUT2D eigenvalue weighted by Gasteiger charge is -2.14. The maximum absolute atomic E-state index is 4.76. The Kier molecular flexibility index (Phi) is 3.17. The third-order valence-electron chi connectivity index (χ3n) is 4.41. The zero-order chi connectivity index (χ0) is 16.6. The molecule has 25 heavy (non-hydrogen) atoms. The number of hydrogen-bond acceptors (Lipinski definition) is 3. The van der Waals surface area contributed by atoms with Crippen LogP contribution in [0.15, 0.2) is 70.0 Å². The van der Waals surface area contributed by atoms with E-state index in [4.69, 9.17) is 9.98 Å². The van der Waals surface area contributed by atoms with E-state index in [2.05, 4.69) is 70.7 Å². The molecule has 1 aromatic heterocycles. The Hall–Kier alpha value is -3.32. The SMILES string of the molecule is C1#CC2C=C3C=CC(=N3)CC3C=CC(=N3)C=c3ccc([nH]3)=CC(=C1)N2. The number of aromatic amines is 1. The predicted octanol–water partition coefficient (Wildman–Crippen LogP) is 1.11. The standard InChI is InChI=1S/C21H16N4/c1-2-14-10-16-4-6-18(23-16)12-20-8-9-21(25-20)13-19-7-5-17(24-19)11-15(3-1)22-14/h2,4-12,15,21-23H,13H2. The number of nitrogens with one attached hydrogen (secondary N) is 2. The quantitative estimate of drug-likeness (QED) is 0.690. The molecule has 4 aliphatic rings. The minimum atomic E-state index is -0.0381. The number of aromatic nitrogens is 1. The molecule has 5 rings (SSSR count). The van der Waals surface area contributed by atoms with Crippen LogP contribution >= 0.6 is 0 Å². The van der Waals surface area contributed by atoms with Crippen LogP contribution in [0.3, 0.4) is 0 Å². The number of hydrogen-bond donors (Lipinski definition) is 2. The minimum absolute atomic E-state index is 0.0381. The van der Waals surface area contributed by atoms with Crippen LogP contribution in [-0.4, -0.2) is 28.5 Å². The van der Waals surface area contributed by atoms with Crippen molar-refractivity contribution in [3.05, 3.63) is 70.7 Å². The van der Waals surface area contributed by atoms with E-state index in [-0.39, 0.29) is 12.1 Å². The zero-order valence-electron chi connectivity index (χ0n) is 13.5. The summed E-state index contributed by atoms with van der Waals surface area (Å²) in [5.41, 5.74) is 4.00. The highest BCUT2D eigenvalue weighted by Gasteiger charge is 2.15. The van der Waals surface area contributed by atoms with Crippen LogP contribution < -0.4 is 16.0 Å². The van der Waals surface area contributed by atoms with E-state index in [9.17, 15) is 0 Å². The van der Waals surface area contributed by atoms with Gasteiger partial charge >= 0.3 is 0 Å². The van der Waals surface area contributed by atoms with Gasteiger partial charge in [-0.25, -0.2) is 0 Å². The van der Waals surface area contributed by atoms with Gasteiger partial charge in [0.25, 0.3) is 0 Å². The molecule has 0 spiro atoms. The van der Waals surface area contributed by atoms with Gasteiger partial charge in [-0.1, -0.05) is 17.9 Å². The molecule has 0 saturated heterocycles. The summed E-state index contributed by atoms with van der Waals surface area (Å²) in [6.45, 7) is 0. The molecular formula is C21H16N4. The molecule has 2 atom stereocenters. The van der Waals surface area contributed by atoms with E-state index in [0.717, 1.165) is 39.9 Å². The van der Waals surface area contributed by atoms with Crippen LogP contribution in [0.2, 0.25) is 0 Å². The smallest absolute Gasteiger partial charge is 0.109 e. The summed E-state index contributed by atoms with van der Waals surface area (Å²) in [7, 11) is 0. The van der Waals surface area contributed by atoms with E-state index in [0.29, 0.717) is 0 Å². The van der Waals surface area contributed by atoms with E-state index in [1.165, 1.54) is 0 Å². The fourth-order valence-electron chi connectivity index (χ4n) is 3.26. The van der Waals surface area contributed by atoms with Crippen LogP contribution in [0, 0.1) is 11.8 Å². The molecule has 2 N–H and O–H groups in total. The van der Waals surface area contributed by atoms with Crippen molar-refractivity contribution in [3.63, 3.8) is 0 Å². The molecule has 0 aromatic carbocycles. The van der Waals surface area contributed by atoms with E-state index in [1.54, 1.807) is 0 Å². The van der Waals surface area contributed by atoms with Gasteiger partial charge in [-0.05, 0) is 48.6 Å². The minimum Gasteiger partial charge on any atom is -0.368 e. The van der Waals surface area contributed by atoms with Gasteiger partial charge in [-0.15, -0.1) is 0 Å². The van der Waals surface area contributed by atoms with E-state index >= 15 is 0 Å². The summed E-state index contributed by atoms with van der Waals surface area (Å²) >= 11 is 0. The Morgan fingerprint density at radius 1 is 1.08 bits per heavy atom. The van der Waals surface area contributed by atoms with Crippen LogP contribution in [-0.2, 0) is 0 Å². The Morgan fingerprint density at radius 2 is 2.00 bits per heavy atom. The second-order valence-corrected chi connectivity index (χ2v) is 6.38. The van der Waals surface area contributed by atoms with Crippen LogP contribution in [0.1, 0.15) is 6.42 Å². The van der Waals surface area contributed by atoms with Crippen molar-refractivity contribution in [3.8, 4) is 11.8 Å². The van der Waals surface area contributed by atoms with Gasteiger partial charge in [-0.2, -0.15) is 0 Å². The summed E-state index contributed by atoms with van der Waals surface area (Å²) in [4.78, 5) is 12.9. The van der Waals surface area contributed by atoms with Gasteiger partial charge < -0.3 is 10.3 Å². The third kappa shape index (κ3) is 2.92. The normalized spacial score (nSPS) is 25.4. The van der Waals surface area contributed by atoms with Gasteiger partial charge in [-0.3, -0.25) is 9.98 Å². The molecule has 0 saturated carbocycles. The third-order valence-corrected chi connectivity index (χ3v) is 4.41. The van der Waals surface area contributed by atoms with Gasteiger partial charge in [0.15, 0.2) is 0 Å². The van der Waals surface area contributed by atoms with E-state index in [1.807, 2.05) is 12.2 Å². The van der Waals surface area contributed by atoms with Gasteiger partial charge in [0.2, 0.25) is 0 Å². The fraction of sp³-hybridized carbons (Fsp3) is 0.143.